The summed E-state index contributed by atoms with van der Waals surface area (Å²) in [7, 11) is 0. The Hall–Kier alpha value is -0.120. The molecule has 0 aromatic heterocycles. The first-order chi connectivity index (χ1) is 7.43. The number of aliphatic hydroxyl groups excluding tert-OH is 2. The van der Waals surface area contributed by atoms with Gasteiger partial charge in [0.2, 0.25) is 0 Å². The largest absolute Gasteiger partial charge is 0.396 e. The Kier molecular flexibility index (Phi) is 4.77. The molecule has 3 heteroatoms. The Balaban J connectivity index is 2.62. The molecule has 0 saturated heterocycles. The first kappa shape index (κ1) is 13.9. The van der Waals surface area contributed by atoms with Crippen LogP contribution in [0.25, 0.3) is 0 Å². The molecule has 0 spiro atoms. The maximum absolute atomic E-state index is 9.67. The van der Waals surface area contributed by atoms with E-state index in [1.807, 2.05) is 0 Å². The molecule has 1 aliphatic rings. The molecule has 0 amide bonds. The van der Waals surface area contributed by atoms with Crippen molar-refractivity contribution >= 4 is 0 Å². The second-order valence-electron chi connectivity index (χ2n) is 6.30. The number of rotatable bonds is 5. The molecule has 0 aromatic carbocycles. The minimum atomic E-state index is -0.129. The van der Waals surface area contributed by atoms with Crippen LogP contribution >= 0.6 is 0 Å². The first-order valence-corrected chi connectivity index (χ1v) is 6.40. The molecule has 0 aliphatic heterocycles. The van der Waals surface area contributed by atoms with Crippen LogP contribution in [0.4, 0.5) is 0 Å². The lowest BCUT2D eigenvalue weighted by Crippen LogP contribution is -2.55. The van der Waals surface area contributed by atoms with E-state index in [0.717, 1.165) is 25.8 Å². The molecule has 2 atom stereocenters. The van der Waals surface area contributed by atoms with E-state index in [1.165, 1.54) is 6.42 Å². The van der Waals surface area contributed by atoms with Gasteiger partial charge in [0.15, 0.2) is 0 Å². The van der Waals surface area contributed by atoms with Gasteiger partial charge in [-0.05, 0) is 43.6 Å². The zero-order chi connectivity index (χ0) is 12.2. The Bertz CT molecular complexity index is 218. The molecule has 96 valence electrons. The van der Waals surface area contributed by atoms with Crippen LogP contribution in [0, 0.1) is 11.3 Å². The molecule has 3 N–H and O–H groups in total. The molecular formula is C13H27NO2. The summed E-state index contributed by atoms with van der Waals surface area (Å²) < 4.78 is 0. The SMILES string of the molecule is C[C@@H]1CC(C)(C)C[C@](CO)(NCCCO)C1. The normalized spacial score (nSPS) is 33.9. The van der Waals surface area contributed by atoms with Crippen molar-refractivity contribution in [1.29, 1.82) is 0 Å². The topological polar surface area (TPSA) is 52.5 Å². The van der Waals surface area contributed by atoms with Gasteiger partial charge < -0.3 is 15.5 Å². The molecule has 0 bridgehead atoms. The molecule has 0 heterocycles. The van der Waals surface area contributed by atoms with Gasteiger partial charge in [-0.15, -0.1) is 0 Å². The van der Waals surface area contributed by atoms with E-state index >= 15 is 0 Å². The molecule has 0 unspecified atom stereocenters. The van der Waals surface area contributed by atoms with Crippen LogP contribution in [-0.4, -0.2) is 35.5 Å². The van der Waals surface area contributed by atoms with Crippen molar-refractivity contribution in [2.24, 2.45) is 11.3 Å². The maximum Gasteiger partial charge on any atom is 0.0613 e. The Morgan fingerprint density at radius 1 is 1.25 bits per heavy atom. The fourth-order valence-electron chi connectivity index (χ4n) is 3.49. The third-order valence-corrected chi connectivity index (χ3v) is 3.59. The van der Waals surface area contributed by atoms with Gasteiger partial charge in [-0.25, -0.2) is 0 Å². The van der Waals surface area contributed by atoms with E-state index in [0.29, 0.717) is 11.3 Å². The fraction of sp³-hybridized carbons (Fsp3) is 1.00. The lowest BCUT2D eigenvalue weighted by Gasteiger charge is -2.47. The average Bonchev–Trinajstić information content (AvgIpc) is 2.15. The van der Waals surface area contributed by atoms with Gasteiger partial charge in [-0.3, -0.25) is 0 Å². The molecule has 0 aromatic rings. The van der Waals surface area contributed by atoms with Crippen molar-refractivity contribution in [2.75, 3.05) is 19.8 Å². The summed E-state index contributed by atoms with van der Waals surface area (Å²) in [5, 5.41) is 21.9. The fourth-order valence-corrected chi connectivity index (χ4v) is 3.49. The molecule has 1 saturated carbocycles. The maximum atomic E-state index is 9.67. The standard InChI is InChI=1S/C13H27NO2/c1-11-7-12(2,3)9-13(8-11,10-16)14-5-4-6-15/h11,14-16H,4-10H2,1-3H3/t11-,13-/m1/s1. The van der Waals surface area contributed by atoms with E-state index in [1.54, 1.807) is 0 Å². The molecule has 1 rings (SSSR count). The highest BCUT2D eigenvalue weighted by Gasteiger charge is 2.41. The minimum Gasteiger partial charge on any atom is -0.396 e. The number of hydrogen-bond donors (Lipinski definition) is 3. The van der Waals surface area contributed by atoms with Crippen molar-refractivity contribution in [2.45, 2.75) is 52.0 Å². The van der Waals surface area contributed by atoms with Crippen LogP contribution in [0.2, 0.25) is 0 Å². The zero-order valence-electron chi connectivity index (χ0n) is 10.9. The van der Waals surface area contributed by atoms with Crippen molar-refractivity contribution < 1.29 is 10.2 Å². The van der Waals surface area contributed by atoms with Crippen LogP contribution in [0.3, 0.4) is 0 Å². The number of aliphatic hydroxyl groups is 2. The number of nitrogens with one attached hydrogen (secondary N) is 1. The average molecular weight is 229 g/mol. The van der Waals surface area contributed by atoms with Crippen molar-refractivity contribution in [1.82, 2.24) is 5.32 Å². The van der Waals surface area contributed by atoms with Crippen LogP contribution in [0.15, 0.2) is 0 Å². The van der Waals surface area contributed by atoms with Crippen LogP contribution in [-0.2, 0) is 0 Å². The minimum absolute atomic E-state index is 0.129. The van der Waals surface area contributed by atoms with Crippen molar-refractivity contribution in [3.8, 4) is 0 Å². The third-order valence-electron chi connectivity index (χ3n) is 3.59. The Morgan fingerprint density at radius 3 is 2.44 bits per heavy atom. The van der Waals surface area contributed by atoms with Gasteiger partial charge in [0.1, 0.15) is 0 Å². The molecule has 1 fully saturated rings. The summed E-state index contributed by atoms with van der Waals surface area (Å²) in [4.78, 5) is 0. The predicted octanol–water partition coefficient (Wildman–Crippen LogP) is 1.54. The van der Waals surface area contributed by atoms with Gasteiger partial charge in [-0.1, -0.05) is 20.8 Å². The highest BCUT2D eigenvalue weighted by Crippen LogP contribution is 2.43. The van der Waals surface area contributed by atoms with Crippen LogP contribution in [0.1, 0.15) is 46.5 Å². The lowest BCUT2D eigenvalue weighted by atomic mass is 9.64. The van der Waals surface area contributed by atoms with E-state index < -0.39 is 0 Å². The van der Waals surface area contributed by atoms with Crippen molar-refractivity contribution in [3.05, 3.63) is 0 Å². The summed E-state index contributed by atoms with van der Waals surface area (Å²) in [5.74, 6) is 0.650. The predicted molar refractivity (Wildman–Crippen MR) is 66.3 cm³/mol. The first-order valence-electron chi connectivity index (χ1n) is 6.40. The zero-order valence-corrected chi connectivity index (χ0v) is 10.9. The summed E-state index contributed by atoms with van der Waals surface area (Å²) in [6.45, 7) is 8.03. The highest BCUT2D eigenvalue weighted by molar-refractivity contribution is 4.98. The van der Waals surface area contributed by atoms with E-state index in [9.17, 15) is 5.11 Å². The summed E-state index contributed by atoms with van der Waals surface area (Å²) in [6.07, 6.45) is 4.05. The van der Waals surface area contributed by atoms with E-state index in [-0.39, 0.29) is 18.8 Å². The van der Waals surface area contributed by atoms with Gasteiger partial charge in [0.25, 0.3) is 0 Å². The van der Waals surface area contributed by atoms with Gasteiger partial charge in [0.05, 0.1) is 6.61 Å². The molecule has 0 radical (unpaired) electrons. The van der Waals surface area contributed by atoms with Gasteiger partial charge >= 0.3 is 0 Å². The van der Waals surface area contributed by atoms with Gasteiger partial charge in [-0.2, -0.15) is 0 Å². The summed E-state index contributed by atoms with van der Waals surface area (Å²) in [6, 6.07) is 0. The third kappa shape index (κ3) is 3.72. The second-order valence-corrected chi connectivity index (χ2v) is 6.30. The van der Waals surface area contributed by atoms with E-state index in [4.69, 9.17) is 5.11 Å². The van der Waals surface area contributed by atoms with Crippen LogP contribution < -0.4 is 5.32 Å². The monoisotopic (exact) mass is 229 g/mol. The molecular weight excluding hydrogens is 202 g/mol. The Labute approximate surface area is 99.3 Å². The highest BCUT2D eigenvalue weighted by atomic mass is 16.3. The summed E-state index contributed by atoms with van der Waals surface area (Å²) >= 11 is 0. The van der Waals surface area contributed by atoms with E-state index in [2.05, 4.69) is 26.1 Å². The van der Waals surface area contributed by atoms with Gasteiger partial charge in [0, 0.05) is 12.1 Å². The molecule has 16 heavy (non-hydrogen) atoms. The van der Waals surface area contributed by atoms with Crippen LogP contribution in [0.5, 0.6) is 0 Å². The second kappa shape index (κ2) is 5.48. The molecule has 1 aliphatic carbocycles. The quantitative estimate of drug-likeness (QED) is 0.627. The summed E-state index contributed by atoms with van der Waals surface area (Å²) in [5.41, 5.74) is 0.170. The smallest absolute Gasteiger partial charge is 0.0613 e. The molecule has 3 nitrogen and oxygen atoms in total. The van der Waals surface area contributed by atoms with Crippen molar-refractivity contribution in [3.63, 3.8) is 0 Å². The number of hydrogen-bond acceptors (Lipinski definition) is 3. The Morgan fingerprint density at radius 2 is 1.94 bits per heavy atom. The lowest BCUT2D eigenvalue weighted by molar-refractivity contribution is 0.0357.